The molecule has 0 radical (unpaired) electrons. The fraction of sp³-hybridized carbons (Fsp3) is 0.654. The molecule has 1 heterocycles. The first kappa shape index (κ1) is 23.7. The second-order valence-electron chi connectivity index (χ2n) is 10.5. The van der Waals surface area contributed by atoms with Gasteiger partial charge in [0.2, 0.25) is 5.91 Å². The predicted molar refractivity (Wildman–Crippen MR) is 128 cm³/mol. The van der Waals surface area contributed by atoms with Crippen molar-refractivity contribution in [3.05, 3.63) is 29.8 Å². The Bertz CT molecular complexity index is 894. The zero-order valence-electron chi connectivity index (χ0n) is 19.6. The molecule has 4 aliphatic carbocycles. The van der Waals surface area contributed by atoms with Crippen LogP contribution in [0.15, 0.2) is 29.2 Å². The summed E-state index contributed by atoms with van der Waals surface area (Å²) < 4.78 is 10.7. The van der Waals surface area contributed by atoms with Crippen LogP contribution in [0.1, 0.15) is 61.7 Å². The Kier molecular flexibility index (Phi) is 7.16. The maximum Gasteiger partial charge on any atom is 0.339 e. The third-order valence-corrected chi connectivity index (χ3v) is 8.87. The van der Waals surface area contributed by atoms with E-state index in [1.165, 1.54) is 31.0 Å². The third kappa shape index (κ3) is 5.60. The van der Waals surface area contributed by atoms with E-state index in [0.29, 0.717) is 17.0 Å². The van der Waals surface area contributed by atoms with E-state index < -0.39 is 5.97 Å². The van der Waals surface area contributed by atoms with E-state index in [9.17, 15) is 14.4 Å². The average molecular weight is 487 g/mol. The van der Waals surface area contributed by atoms with E-state index in [0.717, 1.165) is 56.5 Å². The van der Waals surface area contributed by atoms with Crippen LogP contribution in [0.4, 0.5) is 0 Å². The molecule has 5 fully saturated rings. The van der Waals surface area contributed by atoms with Crippen molar-refractivity contribution in [2.24, 2.45) is 17.8 Å². The van der Waals surface area contributed by atoms with E-state index in [4.69, 9.17) is 9.47 Å². The van der Waals surface area contributed by atoms with Crippen molar-refractivity contribution in [3.8, 4) is 0 Å². The Morgan fingerprint density at radius 2 is 1.74 bits per heavy atom. The molecule has 4 saturated carbocycles. The van der Waals surface area contributed by atoms with E-state index in [2.05, 4.69) is 10.6 Å². The average Bonchev–Trinajstić information content (AvgIpc) is 3.32. The van der Waals surface area contributed by atoms with Crippen LogP contribution in [0, 0.1) is 17.8 Å². The molecule has 1 saturated heterocycles. The second-order valence-corrected chi connectivity index (χ2v) is 11.6. The Morgan fingerprint density at radius 3 is 2.41 bits per heavy atom. The smallest absolute Gasteiger partial charge is 0.339 e. The fourth-order valence-corrected chi connectivity index (χ4v) is 7.63. The van der Waals surface area contributed by atoms with E-state index >= 15 is 0 Å². The number of thioether (sulfide) groups is 1. The number of benzene rings is 1. The van der Waals surface area contributed by atoms with Crippen LogP contribution in [0.25, 0.3) is 0 Å². The molecule has 1 unspecified atom stereocenters. The van der Waals surface area contributed by atoms with Gasteiger partial charge in [0.25, 0.3) is 5.91 Å². The lowest BCUT2D eigenvalue weighted by atomic mass is 9.53. The Balaban J connectivity index is 1.10. The highest BCUT2D eigenvalue weighted by atomic mass is 32.2. The van der Waals surface area contributed by atoms with Gasteiger partial charge in [-0.3, -0.25) is 9.59 Å². The lowest BCUT2D eigenvalue weighted by Crippen LogP contribution is -2.60. The highest BCUT2D eigenvalue weighted by molar-refractivity contribution is 8.00. The van der Waals surface area contributed by atoms with Crippen molar-refractivity contribution in [2.75, 3.05) is 25.5 Å². The van der Waals surface area contributed by atoms with Gasteiger partial charge in [-0.2, -0.15) is 0 Å². The van der Waals surface area contributed by atoms with Gasteiger partial charge in [-0.05, 0) is 81.3 Å². The van der Waals surface area contributed by atoms with E-state index in [1.807, 2.05) is 12.1 Å². The predicted octanol–water partition coefficient (Wildman–Crippen LogP) is 3.32. The highest BCUT2D eigenvalue weighted by Gasteiger charge is 2.51. The van der Waals surface area contributed by atoms with Crippen LogP contribution >= 0.6 is 11.8 Å². The summed E-state index contributed by atoms with van der Waals surface area (Å²) in [7, 11) is 0. The molecule has 7 nitrogen and oxygen atoms in total. The number of carbonyl (C=O) groups is 3. The largest absolute Gasteiger partial charge is 0.452 e. The third-order valence-electron chi connectivity index (χ3n) is 7.79. The summed E-state index contributed by atoms with van der Waals surface area (Å²) >= 11 is 1.34. The molecule has 4 bridgehead atoms. The molecule has 1 aromatic rings. The van der Waals surface area contributed by atoms with Gasteiger partial charge in [-0.15, -0.1) is 11.8 Å². The van der Waals surface area contributed by atoms with Crippen molar-refractivity contribution in [2.45, 2.75) is 67.9 Å². The fourth-order valence-electron chi connectivity index (χ4n) is 6.79. The quantitative estimate of drug-likeness (QED) is 0.411. The van der Waals surface area contributed by atoms with Crippen LogP contribution in [0.2, 0.25) is 0 Å². The standard InChI is InChI=1S/C26H34N2O5S/c29-23(27-14-20-4-3-7-32-20)15-33-25(31)21-5-1-2-6-22(21)34-16-24(30)28-26-11-17-8-18(12-26)10-19(9-17)13-26/h1-2,5-6,17-20H,3-4,7-16H2,(H,27,29)(H,28,30). The molecule has 8 heteroatoms. The molecule has 0 spiro atoms. The minimum absolute atomic E-state index is 0.0122. The van der Waals surface area contributed by atoms with Gasteiger partial charge in [-0.1, -0.05) is 12.1 Å². The molecule has 1 atom stereocenters. The zero-order chi connectivity index (χ0) is 23.5. The van der Waals surface area contributed by atoms with Crippen LogP contribution in [-0.2, 0) is 19.1 Å². The van der Waals surface area contributed by atoms with Gasteiger partial charge in [0.1, 0.15) is 0 Å². The molecule has 184 valence electrons. The Morgan fingerprint density at radius 1 is 1.03 bits per heavy atom. The molecule has 5 aliphatic rings. The van der Waals surface area contributed by atoms with Crippen LogP contribution in [0.3, 0.4) is 0 Å². The van der Waals surface area contributed by atoms with Gasteiger partial charge in [-0.25, -0.2) is 4.79 Å². The number of nitrogens with one attached hydrogen (secondary N) is 2. The van der Waals surface area contributed by atoms with Gasteiger partial charge >= 0.3 is 5.97 Å². The number of ether oxygens (including phenoxy) is 2. The lowest BCUT2D eigenvalue weighted by Gasteiger charge is -2.56. The number of rotatable bonds is 9. The second kappa shape index (κ2) is 10.3. The van der Waals surface area contributed by atoms with Crippen LogP contribution in [-0.4, -0.2) is 54.9 Å². The molecular formula is C26H34N2O5S. The first-order valence-corrected chi connectivity index (χ1v) is 13.5. The summed E-state index contributed by atoms with van der Waals surface area (Å²) in [4.78, 5) is 38.2. The molecule has 1 aromatic carbocycles. The van der Waals surface area contributed by atoms with Gasteiger partial charge in [0, 0.05) is 23.6 Å². The lowest BCUT2D eigenvalue weighted by molar-refractivity contribution is -0.125. The molecule has 2 N–H and O–H groups in total. The Labute approximate surface area is 205 Å². The SMILES string of the molecule is O=C(COC(=O)c1ccccc1SCC(=O)NC12CC3CC(CC(C3)C1)C2)NCC1CCCO1. The van der Waals surface area contributed by atoms with Crippen molar-refractivity contribution in [1.29, 1.82) is 0 Å². The number of hydrogen-bond acceptors (Lipinski definition) is 6. The molecule has 0 aromatic heterocycles. The highest BCUT2D eigenvalue weighted by Crippen LogP contribution is 2.55. The normalized spacial score (nSPS) is 31.3. The maximum absolute atomic E-state index is 12.9. The molecule has 2 amide bonds. The van der Waals surface area contributed by atoms with Gasteiger partial charge in [0.15, 0.2) is 6.61 Å². The Hall–Kier alpha value is -2.06. The van der Waals surface area contributed by atoms with Crippen LogP contribution < -0.4 is 10.6 Å². The van der Waals surface area contributed by atoms with E-state index in [-0.39, 0.29) is 35.8 Å². The summed E-state index contributed by atoms with van der Waals surface area (Å²) in [5.41, 5.74) is 0.365. The van der Waals surface area contributed by atoms with E-state index in [1.54, 1.807) is 12.1 Å². The first-order valence-electron chi connectivity index (χ1n) is 12.6. The molecule has 34 heavy (non-hydrogen) atoms. The molecular weight excluding hydrogens is 452 g/mol. The van der Waals surface area contributed by atoms with Gasteiger partial charge < -0.3 is 20.1 Å². The number of esters is 1. The number of hydrogen-bond donors (Lipinski definition) is 2. The summed E-state index contributed by atoms with van der Waals surface area (Å²) in [6, 6.07) is 7.08. The van der Waals surface area contributed by atoms with Crippen molar-refractivity contribution >= 4 is 29.5 Å². The number of carbonyl (C=O) groups excluding carboxylic acids is 3. The topological polar surface area (TPSA) is 93.7 Å². The van der Waals surface area contributed by atoms with Gasteiger partial charge in [0.05, 0.1) is 17.4 Å². The minimum Gasteiger partial charge on any atom is -0.452 e. The summed E-state index contributed by atoms with van der Waals surface area (Å²) in [6.07, 6.45) is 9.35. The van der Waals surface area contributed by atoms with Crippen molar-refractivity contribution in [3.63, 3.8) is 0 Å². The minimum atomic E-state index is -0.558. The van der Waals surface area contributed by atoms with Crippen molar-refractivity contribution < 1.29 is 23.9 Å². The zero-order valence-corrected chi connectivity index (χ0v) is 20.4. The summed E-state index contributed by atoms with van der Waals surface area (Å²) in [5, 5.41) is 6.13. The maximum atomic E-state index is 12.9. The molecule has 6 rings (SSSR count). The van der Waals surface area contributed by atoms with Crippen molar-refractivity contribution in [1.82, 2.24) is 10.6 Å². The summed E-state index contributed by atoms with van der Waals surface area (Å²) in [6.45, 7) is 0.823. The summed E-state index contributed by atoms with van der Waals surface area (Å²) in [5.74, 6) is 1.71. The number of amides is 2. The molecule has 1 aliphatic heterocycles. The monoisotopic (exact) mass is 486 g/mol. The van der Waals surface area contributed by atoms with Crippen LogP contribution in [0.5, 0.6) is 0 Å². The first-order chi connectivity index (χ1) is 16.5.